The van der Waals surface area contributed by atoms with Crippen LogP contribution in [0.25, 0.3) is 0 Å². The Hall–Kier alpha value is -2.35. The average molecular weight is 439 g/mol. The lowest BCUT2D eigenvalue weighted by atomic mass is 9.89. The maximum atomic E-state index is 13.6. The highest BCUT2D eigenvalue weighted by molar-refractivity contribution is 5.96. The molecule has 0 radical (unpaired) electrons. The first kappa shape index (κ1) is 23.9. The largest absolute Gasteiger partial charge is 0.508 e. The molecule has 164 valence electrons. The van der Waals surface area contributed by atoms with E-state index in [0.717, 1.165) is 16.7 Å². The van der Waals surface area contributed by atoms with E-state index in [0.29, 0.717) is 23.4 Å². The number of rotatable bonds is 6. The van der Waals surface area contributed by atoms with Crippen LogP contribution in [0.1, 0.15) is 42.2 Å². The molecule has 1 aliphatic rings. The molecule has 1 heterocycles. The molecule has 0 spiro atoms. The molecule has 4 N–H and O–H groups in total. The monoisotopic (exact) mass is 438 g/mol. The van der Waals surface area contributed by atoms with Gasteiger partial charge in [-0.3, -0.25) is 4.79 Å². The van der Waals surface area contributed by atoms with E-state index in [4.69, 9.17) is 4.74 Å². The molecule has 0 fully saturated rings. The van der Waals surface area contributed by atoms with Crippen LogP contribution in [0, 0.1) is 19.7 Å². The fourth-order valence-electron chi connectivity index (χ4n) is 3.67. The van der Waals surface area contributed by atoms with E-state index in [1.807, 2.05) is 27.7 Å². The molecule has 1 amide bonds. The van der Waals surface area contributed by atoms with Crippen molar-refractivity contribution in [2.75, 3.05) is 18.5 Å². The fourth-order valence-corrected chi connectivity index (χ4v) is 3.67. The molecule has 0 saturated heterocycles. The summed E-state index contributed by atoms with van der Waals surface area (Å²) in [4.78, 5) is 11.5. The van der Waals surface area contributed by atoms with E-state index in [9.17, 15) is 19.4 Å². The standard InChI is InChI=1S/C22H27FN2O4.ClH/c1-12-5-14(23)6-13(2)17(12)9-22(3,4)24-10-19(27)16-7-15(26)8-18-21(16)29-11-20(28)25-18;/h5-8,19,24,26-27H,9-11H2,1-4H3,(H,25,28);1H. The Kier molecular flexibility index (Phi) is 7.34. The number of amides is 1. The van der Waals surface area contributed by atoms with Crippen molar-refractivity contribution in [3.63, 3.8) is 0 Å². The summed E-state index contributed by atoms with van der Waals surface area (Å²) in [7, 11) is 0. The number of anilines is 1. The molecule has 3 rings (SSSR count). The summed E-state index contributed by atoms with van der Waals surface area (Å²) >= 11 is 0. The molecule has 30 heavy (non-hydrogen) atoms. The number of hydrogen-bond acceptors (Lipinski definition) is 5. The summed E-state index contributed by atoms with van der Waals surface area (Å²) in [6.07, 6.45) is -0.303. The quantitative estimate of drug-likeness (QED) is 0.553. The molecule has 0 aromatic heterocycles. The van der Waals surface area contributed by atoms with Crippen molar-refractivity contribution in [1.82, 2.24) is 5.32 Å². The summed E-state index contributed by atoms with van der Waals surface area (Å²) < 4.78 is 19.0. The molecule has 1 atom stereocenters. The lowest BCUT2D eigenvalue weighted by Gasteiger charge is -2.30. The van der Waals surface area contributed by atoms with Crippen LogP contribution in [0.3, 0.4) is 0 Å². The van der Waals surface area contributed by atoms with E-state index in [1.165, 1.54) is 24.3 Å². The number of benzene rings is 2. The zero-order valence-corrected chi connectivity index (χ0v) is 18.3. The van der Waals surface area contributed by atoms with Gasteiger partial charge in [0.25, 0.3) is 5.91 Å². The lowest BCUT2D eigenvalue weighted by molar-refractivity contribution is -0.118. The maximum absolute atomic E-state index is 13.6. The van der Waals surface area contributed by atoms with E-state index >= 15 is 0 Å². The van der Waals surface area contributed by atoms with Crippen LogP contribution >= 0.6 is 12.4 Å². The van der Waals surface area contributed by atoms with Crippen molar-refractivity contribution in [3.05, 3.63) is 52.3 Å². The van der Waals surface area contributed by atoms with Crippen molar-refractivity contribution in [1.29, 1.82) is 0 Å². The molecule has 0 bridgehead atoms. The van der Waals surface area contributed by atoms with Crippen molar-refractivity contribution in [2.24, 2.45) is 0 Å². The zero-order valence-electron chi connectivity index (χ0n) is 17.5. The number of nitrogens with one attached hydrogen (secondary N) is 2. The molecule has 0 aliphatic carbocycles. The summed E-state index contributed by atoms with van der Waals surface area (Å²) in [5.74, 6) is -0.265. The van der Waals surface area contributed by atoms with Gasteiger partial charge >= 0.3 is 0 Å². The SMILES string of the molecule is Cc1cc(F)cc(C)c1CC(C)(C)NCC(O)c1cc(O)cc2c1OCC(=O)N2.Cl. The van der Waals surface area contributed by atoms with Crippen LogP contribution in [0.2, 0.25) is 0 Å². The number of phenols is 1. The van der Waals surface area contributed by atoms with Gasteiger partial charge in [-0.15, -0.1) is 12.4 Å². The van der Waals surface area contributed by atoms with E-state index in [1.54, 1.807) is 0 Å². The molecule has 1 aliphatic heterocycles. The Morgan fingerprint density at radius 2 is 1.87 bits per heavy atom. The molecule has 0 saturated carbocycles. The predicted octanol–water partition coefficient (Wildman–Crippen LogP) is 3.55. The Labute approximate surface area is 181 Å². The summed E-state index contributed by atoms with van der Waals surface area (Å²) in [5, 5.41) is 26.6. The first-order chi connectivity index (χ1) is 13.6. The summed E-state index contributed by atoms with van der Waals surface area (Å²) in [5.41, 5.74) is 3.22. The number of aliphatic hydroxyl groups excluding tert-OH is 1. The second kappa shape index (κ2) is 9.20. The Balaban J connectivity index is 0.00000320. The van der Waals surface area contributed by atoms with E-state index < -0.39 is 6.10 Å². The highest BCUT2D eigenvalue weighted by atomic mass is 35.5. The van der Waals surface area contributed by atoms with E-state index in [2.05, 4.69) is 10.6 Å². The average Bonchev–Trinajstić information content (AvgIpc) is 2.61. The van der Waals surface area contributed by atoms with Crippen molar-refractivity contribution in [2.45, 2.75) is 45.8 Å². The third-order valence-corrected chi connectivity index (χ3v) is 5.14. The smallest absolute Gasteiger partial charge is 0.262 e. The minimum atomic E-state index is -0.958. The third kappa shape index (κ3) is 5.41. The van der Waals surface area contributed by atoms with Gasteiger partial charge in [-0.2, -0.15) is 0 Å². The van der Waals surface area contributed by atoms with Gasteiger partial charge in [0, 0.05) is 23.7 Å². The number of aliphatic hydroxyl groups is 1. The first-order valence-corrected chi connectivity index (χ1v) is 9.54. The molecular formula is C22H28ClFN2O4. The normalized spacial score (nSPS) is 14.3. The van der Waals surface area contributed by atoms with Crippen LogP contribution in [-0.2, 0) is 11.2 Å². The highest BCUT2D eigenvalue weighted by Gasteiger charge is 2.26. The first-order valence-electron chi connectivity index (χ1n) is 9.54. The van der Waals surface area contributed by atoms with Crippen LogP contribution in [0.4, 0.5) is 10.1 Å². The van der Waals surface area contributed by atoms with Crippen LogP contribution in [0.5, 0.6) is 11.5 Å². The number of phenolic OH excluding ortho intramolecular Hbond substituents is 1. The van der Waals surface area contributed by atoms with Gasteiger partial charge in [0.1, 0.15) is 17.3 Å². The Morgan fingerprint density at radius 3 is 2.50 bits per heavy atom. The zero-order chi connectivity index (χ0) is 21.3. The second-order valence-corrected chi connectivity index (χ2v) is 8.22. The van der Waals surface area contributed by atoms with Crippen molar-refractivity contribution < 1.29 is 24.1 Å². The van der Waals surface area contributed by atoms with Crippen LogP contribution in [0.15, 0.2) is 24.3 Å². The third-order valence-electron chi connectivity index (χ3n) is 5.14. The summed E-state index contributed by atoms with van der Waals surface area (Å²) in [6.45, 7) is 7.87. The number of halogens is 2. The second-order valence-electron chi connectivity index (χ2n) is 8.22. The Bertz CT molecular complexity index is 926. The van der Waals surface area contributed by atoms with Crippen molar-refractivity contribution >= 4 is 24.0 Å². The van der Waals surface area contributed by atoms with Crippen molar-refractivity contribution in [3.8, 4) is 11.5 Å². The van der Waals surface area contributed by atoms with Gasteiger partial charge in [-0.25, -0.2) is 4.39 Å². The van der Waals surface area contributed by atoms with Crippen LogP contribution < -0.4 is 15.4 Å². The minimum Gasteiger partial charge on any atom is -0.508 e. The number of aryl methyl sites for hydroxylation is 2. The van der Waals surface area contributed by atoms with Gasteiger partial charge < -0.3 is 25.6 Å². The number of hydrogen-bond donors (Lipinski definition) is 4. The van der Waals surface area contributed by atoms with E-state index in [-0.39, 0.29) is 48.6 Å². The molecule has 2 aromatic rings. The molecule has 6 nitrogen and oxygen atoms in total. The number of carbonyl (C=O) groups excluding carboxylic acids is 1. The molecule has 1 unspecified atom stereocenters. The maximum Gasteiger partial charge on any atom is 0.262 e. The van der Waals surface area contributed by atoms with Gasteiger partial charge in [0.2, 0.25) is 0 Å². The highest BCUT2D eigenvalue weighted by Crippen LogP contribution is 2.38. The number of fused-ring (bicyclic) bond motifs is 1. The molecule has 2 aromatic carbocycles. The minimum absolute atomic E-state index is 0. The number of ether oxygens (including phenoxy) is 1. The van der Waals surface area contributed by atoms with Gasteiger partial charge in [-0.1, -0.05) is 0 Å². The Morgan fingerprint density at radius 1 is 1.23 bits per heavy atom. The van der Waals surface area contributed by atoms with Gasteiger partial charge in [0.15, 0.2) is 6.61 Å². The summed E-state index contributed by atoms with van der Waals surface area (Å²) in [6, 6.07) is 5.87. The number of carbonyl (C=O) groups is 1. The topological polar surface area (TPSA) is 90.8 Å². The van der Waals surface area contributed by atoms with Crippen LogP contribution in [-0.4, -0.2) is 34.8 Å². The van der Waals surface area contributed by atoms with Gasteiger partial charge in [-0.05, 0) is 69.0 Å². The van der Waals surface area contributed by atoms with Gasteiger partial charge in [0.05, 0.1) is 11.8 Å². The molecular weight excluding hydrogens is 411 g/mol. The number of aromatic hydroxyl groups is 1. The molecule has 8 heteroatoms. The predicted molar refractivity (Wildman–Crippen MR) is 116 cm³/mol. The fraction of sp³-hybridized carbons (Fsp3) is 0.409. The number of β-amino-alcohol motifs (C(OH)–C–C–N with tert-alkyl or cyclic N) is 1. The lowest BCUT2D eigenvalue weighted by Crippen LogP contribution is -2.43.